The molecule has 0 radical (unpaired) electrons. The van der Waals surface area contributed by atoms with Crippen LogP contribution >= 0.6 is 15.9 Å². The van der Waals surface area contributed by atoms with Crippen molar-refractivity contribution in [2.24, 2.45) is 0 Å². The molecule has 21 heavy (non-hydrogen) atoms. The second-order valence-electron chi connectivity index (χ2n) is 3.63. The van der Waals surface area contributed by atoms with E-state index < -0.39 is 22.8 Å². The zero-order valence-corrected chi connectivity index (χ0v) is 13.2. The number of rotatable bonds is 6. The zero-order chi connectivity index (χ0) is 16.3. The highest BCUT2D eigenvalue weighted by Crippen LogP contribution is 2.35. The van der Waals surface area contributed by atoms with Crippen molar-refractivity contribution >= 4 is 26.0 Å². The summed E-state index contributed by atoms with van der Waals surface area (Å²) in [5.74, 6) is 0.344. The summed E-state index contributed by atoms with van der Waals surface area (Å²) in [6, 6.07) is 2.39. The van der Waals surface area contributed by atoms with Crippen molar-refractivity contribution in [3.8, 4) is 11.5 Å². The van der Waals surface area contributed by atoms with Crippen molar-refractivity contribution in [1.82, 2.24) is 4.89 Å². The van der Waals surface area contributed by atoms with Crippen LogP contribution in [0, 0.1) is 0 Å². The molecule has 0 saturated heterocycles. The Morgan fingerprint density at radius 1 is 1.19 bits per heavy atom. The molecule has 0 aliphatic rings. The molecule has 0 heterocycles. The van der Waals surface area contributed by atoms with Crippen LogP contribution in [0.25, 0.3) is 0 Å². The fourth-order valence-corrected chi connectivity index (χ4v) is 3.12. The number of benzene rings is 1. The summed E-state index contributed by atoms with van der Waals surface area (Å²) in [5.41, 5.74) is 0. The Balaban J connectivity index is 3.03. The Hall–Kier alpha value is -1.04. The van der Waals surface area contributed by atoms with Gasteiger partial charge < -0.3 is 9.47 Å². The Bertz CT molecular complexity index is 605. The quantitative estimate of drug-likeness (QED) is 0.750. The maximum absolute atomic E-state index is 11.9. The van der Waals surface area contributed by atoms with E-state index >= 15 is 0 Å². The zero-order valence-electron chi connectivity index (χ0n) is 10.8. The highest BCUT2D eigenvalue weighted by molar-refractivity contribution is 9.10. The number of hydrogen-bond donors (Lipinski definition) is 1. The lowest BCUT2D eigenvalue weighted by molar-refractivity contribution is -0.181. The van der Waals surface area contributed by atoms with Gasteiger partial charge in [0.25, 0.3) is 10.0 Å². The first-order valence-electron chi connectivity index (χ1n) is 5.22. The first-order valence-corrected chi connectivity index (χ1v) is 7.50. The van der Waals surface area contributed by atoms with E-state index in [4.69, 9.17) is 9.47 Å². The number of sulfonamides is 1. The standard InChI is InChI=1S/C10H11BrF3NO5S/c1-18-7-3-6(11)9(4-8(7)19-2)21(16,17)15-20-5-10(12,13)14/h3-4,15H,5H2,1-2H3. The number of methoxy groups -OCH3 is 2. The molecule has 11 heteroatoms. The summed E-state index contributed by atoms with van der Waals surface area (Å²) in [6.07, 6.45) is -4.66. The van der Waals surface area contributed by atoms with E-state index in [-0.39, 0.29) is 20.9 Å². The Kier molecular flexibility index (Phi) is 5.84. The van der Waals surface area contributed by atoms with Gasteiger partial charge in [0.15, 0.2) is 18.1 Å². The molecule has 0 amide bonds. The van der Waals surface area contributed by atoms with Gasteiger partial charge in [-0.05, 0) is 22.0 Å². The van der Waals surface area contributed by atoms with Crippen molar-refractivity contribution in [3.05, 3.63) is 16.6 Å². The van der Waals surface area contributed by atoms with E-state index in [0.29, 0.717) is 0 Å². The molecule has 1 aromatic carbocycles. The van der Waals surface area contributed by atoms with Gasteiger partial charge in [-0.3, -0.25) is 4.84 Å². The monoisotopic (exact) mass is 393 g/mol. The first-order chi connectivity index (χ1) is 9.60. The molecule has 0 saturated carbocycles. The lowest BCUT2D eigenvalue weighted by Gasteiger charge is -2.13. The van der Waals surface area contributed by atoms with Crippen molar-refractivity contribution in [3.63, 3.8) is 0 Å². The Morgan fingerprint density at radius 3 is 2.19 bits per heavy atom. The number of hydrogen-bond acceptors (Lipinski definition) is 5. The Labute approximate surface area is 127 Å². The SMILES string of the molecule is COc1cc(Br)c(S(=O)(=O)NOCC(F)(F)F)cc1OC. The average Bonchev–Trinajstić information content (AvgIpc) is 2.36. The highest BCUT2D eigenvalue weighted by atomic mass is 79.9. The topological polar surface area (TPSA) is 73.9 Å². The summed E-state index contributed by atoms with van der Waals surface area (Å²) in [7, 11) is -1.69. The molecule has 120 valence electrons. The summed E-state index contributed by atoms with van der Waals surface area (Å²) >= 11 is 2.99. The predicted octanol–water partition coefficient (Wildman–Crippen LogP) is 2.24. The maximum atomic E-state index is 11.9. The third-order valence-electron chi connectivity index (χ3n) is 2.13. The van der Waals surface area contributed by atoms with Gasteiger partial charge in [0.05, 0.1) is 14.2 Å². The third-order valence-corrected chi connectivity index (χ3v) is 4.30. The predicted molar refractivity (Wildman–Crippen MR) is 69.6 cm³/mol. The second kappa shape index (κ2) is 6.81. The van der Waals surface area contributed by atoms with Gasteiger partial charge in [-0.25, -0.2) is 8.42 Å². The molecular weight excluding hydrogens is 383 g/mol. The molecule has 0 aliphatic carbocycles. The number of nitrogens with one attached hydrogen (secondary N) is 1. The average molecular weight is 394 g/mol. The minimum Gasteiger partial charge on any atom is -0.493 e. The number of alkyl halides is 3. The summed E-state index contributed by atoms with van der Waals surface area (Å²) < 4.78 is 69.5. The minimum absolute atomic E-state index is 0.0725. The largest absolute Gasteiger partial charge is 0.493 e. The molecule has 6 nitrogen and oxygen atoms in total. The highest BCUT2D eigenvalue weighted by Gasteiger charge is 2.29. The van der Waals surface area contributed by atoms with Crippen LogP contribution in [0.4, 0.5) is 13.2 Å². The molecule has 0 aromatic heterocycles. The van der Waals surface area contributed by atoms with Gasteiger partial charge in [0.2, 0.25) is 0 Å². The van der Waals surface area contributed by atoms with Gasteiger partial charge in [0, 0.05) is 10.5 Å². The van der Waals surface area contributed by atoms with Crippen LogP contribution in [0.3, 0.4) is 0 Å². The molecule has 1 N–H and O–H groups in total. The maximum Gasteiger partial charge on any atom is 0.413 e. The van der Waals surface area contributed by atoms with Crippen LogP contribution in [0.1, 0.15) is 0 Å². The molecular formula is C10H11BrF3NO5S. The fraction of sp³-hybridized carbons (Fsp3) is 0.400. The van der Waals surface area contributed by atoms with Crippen LogP contribution in [-0.4, -0.2) is 35.4 Å². The number of ether oxygens (including phenoxy) is 2. The van der Waals surface area contributed by atoms with E-state index in [0.717, 1.165) is 6.07 Å². The van der Waals surface area contributed by atoms with Gasteiger partial charge in [-0.15, -0.1) is 0 Å². The third kappa shape index (κ3) is 5.02. The van der Waals surface area contributed by atoms with Gasteiger partial charge in [0.1, 0.15) is 4.90 Å². The van der Waals surface area contributed by atoms with E-state index in [1.807, 2.05) is 0 Å². The van der Waals surface area contributed by atoms with Crippen molar-refractivity contribution in [1.29, 1.82) is 0 Å². The van der Waals surface area contributed by atoms with Gasteiger partial charge in [-0.1, -0.05) is 4.89 Å². The number of halogens is 4. The molecule has 0 unspecified atom stereocenters. The normalized spacial score (nSPS) is 12.3. The molecule has 0 aliphatic heterocycles. The van der Waals surface area contributed by atoms with Crippen LogP contribution in [-0.2, 0) is 14.9 Å². The van der Waals surface area contributed by atoms with Crippen LogP contribution in [0.15, 0.2) is 21.5 Å². The molecule has 0 bridgehead atoms. The van der Waals surface area contributed by atoms with Gasteiger partial charge >= 0.3 is 6.18 Å². The molecule has 1 rings (SSSR count). The van der Waals surface area contributed by atoms with Crippen molar-refractivity contribution in [2.45, 2.75) is 11.1 Å². The van der Waals surface area contributed by atoms with Crippen molar-refractivity contribution < 1.29 is 35.9 Å². The molecule has 0 spiro atoms. The summed E-state index contributed by atoms with van der Waals surface area (Å²) in [4.78, 5) is 4.97. The van der Waals surface area contributed by atoms with E-state index in [2.05, 4.69) is 20.8 Å². The lowest BCUT2D eigenvalue weighted by atomic mass is 10.3. The fourth-order valence-electron chi connectivity index (χ4n) is 1.28. The summed E-state index contributed by atoms with van der Waals surface area (Å²) in [6.45, 7) is -1.75. The molecule has 0 fully saturated rings. The smallest absolute Gasteiger partial charge is 0.413 e. The van der Waals surface area contributed by atoms with Crippen LogP contribution < -0.4 is 14.4 Å². The van der Waals surface area contributed by atoms with Gasteiger partial charge in [-0.2, -0.15) is 13.2 Å². The molecule has 0 atom stereocenters. The second-order valence-corrected chi connectivity index (χ2v) is 6.10. The van der Waals surface area contributed by atoms with E-state index in [9.17, 15) is 21.6 Å². The lowest BCUT2D eigenvalue weighted by Crippen LogP contribution is -2.29. The van der Waals surface area contributed by atoms with E-state index in [1.54, 1.807) is 0 Å². The Morgan fingerprint density at radius 2 is 1.71 bits per heavy atom. The minimum atomic E-state index is -4.66. The summed E-state index contributed by atoms with van der Waals surface area (Å²) in [5, 5.41) is 0. The molecule has 1 aromatic rings. The van der Waals surface area contributed by atoms with Crippen LogP contribution in [0.5, 0.6) is 11.5 Å². The van der Waals surface area contributed by atoms with Crippen molar-refractivity contribution in [2.75, 3.05) is 20.8 Å². The van der Waals surface area contributed by atoms with E-state index in [1.165, 1.54) is 25.2 Å². The van der Waals surface area contributed by atoms with Crippen LogP contribution in [0.2, 0.25) is 0 Å². The first kappa shape index (κ1) is 18.0.